The highest BCUT2D eigenvalue weighted by molar-refractivity contribution is 7.76. The van der Waals surface area contributed by atoms with Gasteiger partial charge in [0.05, 0.1) is 0 Å². The average Bonchev–Trinajstić information content (AvgIpc) is 2.96. The first-order valence-electron chi connectivity index (χ1n) is 9.95. The lowest BCUT2D eigenvalue weighted by Crippen LogP contribution is -2.68. The molecule has 1 aliphatic carbocycles. The number of halogens is 2. The molecule has 1 aliphatic heterocycles. The normalized spacial score (nSPS) is 19.1. The second-order valence-corrected chi connectivity index (χ2v) is 9.62. The molecule has 164 valence electrons. The first kappa shape index (κ1) is 20.8. The summed E-state index contributed by atoms with van der Waals surface area (Å²) in [5.41, 5.74) is 5.46. The van der Waals surface area contributed by atoms with Crippen molar-refractivity contribution >= 4 is 34.2 Å². The van der Waals surface area contributed by atoms with Gasteiger partial charge in [-0.15, -0.1) is 9.51 Å². The first-order valence-corrected chi connectivity index (χ1v) is 11.4. The molecular weight excluding hydrogens is 443 g/mol. The number of aryl methyl sites for hydroxylation is 1. The SMILES string of the molecule is CNN(C1CC2(C1)CN(c1nc(-c3ccc(F)cc3)nn3c(Cl)cc(C)c13)C2)S(=O)O. The number of rotatable bonds is 5. The minimum Gasteiger partial charge on any atom is -0.353 e. The second kappa shape index (κ2) is 7.49. The maximum Gasteiger partial charge on any atom is 0.248 e. The van der Waals surface area contributed by atoms with E-state index in [0.29, 0.717) is 16.5 Å². The Balaban J connectivity index is 1.44. The van der Waals surface area contributed by atoms with Crippen LogP contribution in [0.5, 0.6) is 0 Å². The molecule has 0 amide bonds. The summed E-state index contributed by atoms with van der Waals surface area (Å²) in [4.78, 5) is 7.02. The molecule has 11 heteroatoms. The van der Waals surface area contributed by atoms with Crippen LogP contribution in [0.1, 0.15) is 18.4 Å². The molecule has 2 aromatic heterocycles. The van der Waals surface area contributed by atoms with E-state index in [2.05, 4.69) is 15.4 Å². The fraction of sp³-hybridized carbons (Fsp3) is 0.400. The van der Waals surface area contributed by atoms with Crippen LogP contribution in [0.3, 0.4) is 0 Å². The molecule has 0 radical (unpaired) electrons. The molecule has 0 bridgehead atoms. The number of fused-ring (bicyclic) bond motifs is 1. The molecule has 1 spiro atoms. The summed E-state index contributed by atoms with van der Waals surface area (Å²) >= 11 is 4.38. The van der Waals surface area contributed by atoms with Crippen LogP contribution in [0.25, 0.3) is 16.9 Å². The molecule has 1 atom stereocenters. The molecule has 1 unspecified atom stereocenters. The van der Waals surface area contributed by atoms with Gasteiger partial charge in [-0.05, 0) is 62.7 Å². The number of benzene rings is 1. The van der Waals surface area contributed by atoms with Gasteiger partial charge in [0.25, 0.3) is 0 Å². The molecule has 1 saturated carbocycles. The van der Waals surface area contributed by atoms with Crippen LogP contribution in [0, 0.1) is 18.2 Å². The van der Waals surface area contributed by atoms with Gasteiger partial charge in [-0.3, -0.25) is 4.55 Å². The smallest absolute Gasteiger partial charge is 0.248 e. The Morgan fingerprint density at radius 1 is 1.32 bits per heavy atom. The molecule has 2 aliphatic rings. The van der Waals surface area contributed by atoms with Crippen molar-refractivity contribution < 1.29 is 13.2 Å². The minimum absolute atomic E-state index is 0.0302. The van der Waals surface area contributed by atoms with Crippen LogP contribution in [0.15, 0.2) is 30.3 Å². The van der Waals surface area contributed by atoms with Gasteiger partial charge in [0.2, 0.25) is 11.3 Å². The van der Waals surface area contributed by atoms with Gasteiger partial charge in [-0.1, -0.05) is 11.6 Å². The monoisotopic (exact) mass is 464 g/mol. The Morgan fingerprint density at radius 2 is 2.00 bits per heavy atom. The van der Waals surface area contributed by atoms with Crippen LogP contribution >= 0.6 is 11.6 Å². The summed E-state index contributed by atoms with van der Waals surface area (Å²) in [5.74, 6) is 0.956. The highest BCUT2D eigenvalue weighted by Gasteiger charge is 2.55. The largest absolute Gasteiger partial charge is 0.353 e. The summed E-state index contributed by atoms with van der Waals surface area (Å²) in [6.45, 7) is 3.58. The lowest BCUT2D eigenvalue weighted by Gasteiger charge is -2.60. The van der Waals surface area contributed by atoms with E-state index < -0.39 is 11.3 Å². The van der Waals surface area contributed by atoms with Crippen molar-refractivity contribution in [1.82, 2.24) is 24.4 Å². The van der Waals surface area contributed by atoms with Crippen LogP contribution in [0.2, 0.25) is 5.15 Å². The minimum atomic E-state index is -2.04. The van der Waals surface area contributed by atoms with Crippen LogP contribution in [0.4, 0.5) is 10.2 Å². The van der Waals surface area contributed by atoms with Crippen LogP contribution in [-0.4, -0.2) is 54.0 Å². The third kappa shape index (κ3) is 3.42. The molecule has 3 heterocycles. The van der Waals surface area contributed by atoms with Gasteiger partial charge >= 0.3 is 0 Å². The maximum absolute atomic E-state index is 13.4. The molecule has 1 aromatic carbocycles. The Kier molecular flexibility index (Phi) is 5.02. The van der Waals surface area contributed by atoms with Gasteiger partial charge in [0.1, 0.15) is 16.5 Å². The highest BCUT2D eigenvalue weighted by atomic mass is 35.5. The summed E-state index contributed by atoms with van der Waals surface area (Å²) in [5, 5.41) is 5.08. The Hall–Kier alpha value is -2.11. The van der Waals surface area contributed by atoms with Gasteiger partial charge in [-0.2, -0.15) is 0 Å². The van der Waals surface area contributed by atoms with Gasteiger partial charge in [0.15, 0.2) is 11.6 Å². The number of anilines is 1. The van der Waals surface area contributed by atoms with Crippen LogP contribution in [-0.2, 0) is 11.3 Å². The van der Waals surface area contributed by atoms with E-state index in [1.165, 1.54) is 16.5 Å². The molecular formula is C20H22ClFN6O2S. The molecule has 8 nitrogen and oxygen atoms in total. The van der Waals surface area contributed by atoms with Crippen LogP contribution < -0.4 is 10.3 Å². The zero-order chi connectivity index (χ0) is 21.9. The first-order chi connectivity index (χ1) is 14.8. The van der Waals surface area contributed by atoms with Gasteiger partial charge in [0, 0.05) is 30.1 Å². The Labute approximate surface area is 186 Å². The van der Waals surface area contributed by atoms with Crippen molar-refractivity contribution in [2.24, 2.45) is 5.41 Å². The third-order valence-electron chi connectivity index (χ3n) is 6.25. The maximum atomic E-state index is 13.4. The van der Waals surface area contributed by atoms with E-state index in [9.17, 15) is 13.2 Å². The van der Waals surface area contributed by atoms with Crippen molar-refractivity contribution in [1.29, 1.82) is 0 Å². The topological polar surface area (TPSA) is 86.0 Å². The quantitative estimate of drug-likeness (QED) is 0.446. The van der Waals surface area contributed by atoms with Crippen molar-refractivity contribution in [3.05, 3.63) is 46.9 Å². The van der Waals surface area contributed by atoms with Crippen molar-refractivity contribution in [2.75, 3.05) is 25.0 Å². The molecule has 2 fully saturated rings. The zero-order valence-corrected chi connectivity index (χ0v) is 18.6. The Bertz CT molecular complexity index is 1170. The molecule has 2 N–H and O–H groups in total. The third-order valence-corrected chi connectivity index (χ3v) is 7.34. The van der Waals surface area contributed by atoms with E-state index in [1.807, 2.05) is 13.0 Å². The lowest BCUT2D eigenvalue weighted by atomic mass is 9.61. The molecule has 31 heavy (non-hydrogen) atoms. The predicted molar refractivity (Wildman–Crippen MR) is 117 cm³/mol. The average molecular weight is 465 g/mol. The summed E-state index contributed by atoms with van der Waals surface area (Å²) in [6.07, 6.45) is 1.67. The molecule has 3 aromatic rings. The zero-order valence-electron chi connectivity index (χ0n) is 17.0. The van der Waals surface area contributed by atoms with E-state index in [0.717, 1.165) is 42.8 Å². The fourth-order valence-corrected chi connectivity index (χ4v) is 5.67. The number of nitrogens with zero attached hydrogens (tertiary/aromatic N) is 5. The van der Waals surface area contributed by atoms with Crippen molar-refractivity contribution in [2.45, 2.75) is 25.8 Å². The van der Waals surface area contributed by atoms with E-state index in [4.69, 9.17) is 16.6 Å². The highest BCUT2D eigenvalue weighted by Crippen LogP contribution is 2.51. The summed E-state index contributed by atoms with van der Waals surface area (Å²) in [7, 11) is 1.65. The van der Waals surface area contributed by atoms with E-state index in [-0.39, 0.29) is 17.3 Å². The number of nitrogens with one attached hydrogen (secondary N) is 1. The summed E-state index contributed by atoms with van der Waals surface area (Å²) in [6, 6.07) is 7.97. The molecule has 5 rings (SSSR count). The van der Waals surface area contributed by atoms with Gasteiger partial charge < -0.3 is 4.90 Å². The number of hydrazine groups is 1. The molecule has 1 saturated heterocycles. The number of aromatic nitrogens is 3. The van der Waals surface area contributed by atoms with Crippen molar-refractivity contribution in [3.8, 4) is 11.4 Å². The Morgan fingerprint density at radius 3 is 2.61 bits per heavy atom. The van der Waals surface area contributed by atoms with Crippen molar-refractivity contribution in [3.63, 3.8) is 0 Å². The summed E-state index contributed by atoms with van der Waals surface area (Å²) < 4.78 is 37.3. The van der Waals surface area contributed by atoms with E-state index in [1.54, 1.807) is 23.7 Å². The lowest BCUT2D eigenvalue weighted by molar-refractivity contribution is 0.000261. The number of hydrogen-bond acceptors (Lipinski definition) is 5. The van der Waals surface area contributed by atoms with Gasteiger partial charge in [-0.25, -0.2) is 23.5 Å². The predicted octanol–water partition coefficient (Wildman–Crippen LogP) is 3.04. The second-order valence-electron chi connectivity index (χ2n) is 8.37. The standard InChI is InChI=1S/C20H22ClFN6O2S/c1-12-7-16(21)27-17(12)19(24-18(25-27)13-3-5-14(22)6-4-13)26-10-20(11-26)8-15(9-20)28(23-2)31(29)30/h3-7,15,23H,8-11H2,1-2H3,(H,29,30). The number of hydrogen-bond donors (Lipinski definition) is 2. The van der Waals surface area contributed by atoms with E-state index >= 15 is 0 Å². The fourth-order valence-electron chi connectivity index (χ4n) is 4.83.